The second-order valence-electron chi connectivity index (χ2n) is 8.79. The highest BCUT2D eigenvalue weighted by Crippen LogP contribution is 2.27. The summed E-state index contributed by atoms with van der Waals surface area (Å²) in [6.45, 7) is 7.49. The molecule has 0 bridgehead atoms. The Hall–Kier alpha value is -3.37. The van der Waals surface area contributed by atoms with Gasteiger partial charge in [0.05, 0.1) is 30.2 Å². The number of benzene rings is 3. The summed E-state index contributed by atoms with van der Waals surface area (Å²) < 4.78 is 4.44. The fourth-order valence-electron chi connectivity index (χ4n) is 4.72. The van der Waals surface area contributed by atoms with Crippen LogP contribution < -0.4 is 0 Å². The minimum Gasteiger partial charge on any atom is -0.389 e. The first-order valence-electron chi connectivity index (χ1n) is 11.2. The molecule has 0 aliphatic carbocycles. The first-order chi connectivity index (χ1) is 15.5. The van der Waals surface area contributed by atoms with E-state index in [4.69, 9.17) is 4.98 Å². The number of nitrogens with zero attached hydrogens (tertiary/aromatic N) is 3. The van der Waals surface area contributed by atoms with E-state index in [1.807, 2.05) is 24.3 Å². The Labute approximate surface area is 188 Å². The average Bonchev–Trinajstić information content (AvgIpc) is 3.24. The van der Waals surface area contributed by atoms with E-state index in [-0.39, 0.29) is 0 Å². The topological polar surface area (TPSA) is 43.0 Å². The first kappa shape index (κ1) is 20.5. The molecule has 1 N–H and O–H groups in total. The molecule has 162 valence electrons. The van der Waals surface area contributed by atoms with Gasteiger partial charge in [-0.2, -0.15) is 0 Å². The molecule has 0 aliphatic heterocycles. The second-order valence-corrected chi connectivity index (χ2v) is 8.79. The van der Waals surface area contributed by atoms with Gasteiger partial charge in [0.2, 0.25) is 0 Å². The van der Waals surface area contributed by atoms with E-state index in [0.717, 1.165) is 23.3 Å². The molecule has 4 heteroatoms. The van der Waals surface area contributed by atoms with E-state index in [2.05, 4.69) is 78.4 Å². The average molecular weight is 424 g/mol. The van der Waals surface area contributed by atoms with Crippen molar-refractivity contribution in [3.8, 4) is 0 Å². The lowest BCUT2D eigenvalue weighted by Crippen LogP contribution is -2.24. The maximum atomic E-state index is 11.2. The zero-order chi connectivity index (χ0) is 22.2. The van der Waals surface area contributed by atoms with Gasteiger partial charge in [0.15, 0.2) is 0 Å². The number of aromatic nitrogens is 3. The Kier molecular flexibility index (Phi) is 5.32. The summed E-state index contributed by atoms with van der Waals surface area (Å²) in [4.78, 5) is 4.89. The molecule has 5 aromatic rings. The minimum absolute atomic E-state index is 0.507. The van der Waals surface area contributed by atoms with Gasteiger partial charge in [-0.1, -0.05) is 54.1 Å². The van der Waals surface area contributed by atoms with Crippen molar-refractivity contribution in [2.45, 2.75) is 46.4 Å². The number of para-hydroxylation sites is 2. The van der Waals surface area contributed by atoms with E-state index in [1.165, 1.54) is 33.3 Å². The van der Waals surface area contributed by atoms with Crippen LogP contribution in [0.3, 0.4) is 0 Å². The molecule has 0 aliphatic rings. The van der Waals surface area contributed by atoms with Crippen LogP contribution in [0.25, 0.3) is 21.9 Å². The van der Waals surface area contributed by atoms with Gasteiger partial charge in [-0.3, -0.25) is 0 Å². The van der Waals surface area contributed by atoms with Crippen molar-refractivity contribution in [3.63, 3.8) is 0 Å². The molecule has 1 unspecified atom stereocenters. The summed E-state index contributed by atoms with van der Waals surface area (Å²) >= 11 is 0. The van der Waals surface area contributed by atoms with E-state index >= 15 is 0 Å². The number of fused-ring (bicyclic) bond motifs is 2. The number of rotatable bonds is 6. The van der Waals surface area contributed by atoms with E-state index in [9.17, 15) is 5.11 Å². The van der Waals surface area contributed by atoms with E-state index in [1.54, 1.807) is 0 Å². The summed E-state index contributed by atoms with van der Waals surface area (Å²) in [5.41, 5.74) is 8.20. The molecule has 3 aromatic carbocycles. The molecule has 2 heterocycles. The van der Waals surface area contributed by atoms with Gasteiger partial charge in [-0.05, 0) is 56.2 Å². The number of aliphatic hydroxyl groups excluding tert-OH is 1. The molecule has 0 saturated carbocycles. The van der Waals surface area contributed by atoms with Crippen LogP contribution in [0.5, 0.6) is 0 Å². The third kappa shape index (κ3) is 3.71. The fourth-order valence-corrected chi connectivity index (χ4v) is 4.72. The highest BCUT2D eigenvalue weighted by Gasteiger charge is 2.18. The SMILES string of the molecule is Cc1ccc2c(c1)c(C)c(C)n2CC(O)Cn1c(Cc2ccccc2)nc2ccccc21. The summed E-state index contributed by atoms with van der Waals surface area (Å²) in [5, 5.41) is 12.5. The highest BCUT2D eigenvalue weighted by atomic mass is 16.3. The summed E-state index contributed by atoms with van der Waals surface area (Å²) in [5.74, 6) is 0.984. The molecule has 0 radical (unpaired) electrons. The lowest BCUT2D eigenvalue weighted by Gasteiger charge is -2.18. The number of aliphatic hydroxyl groups is 1. The van der Waals surface area contributed by atoms with Crippen LogP contribution in [0.2, 0.25) is 0 Å². The number of imidazole rings is 1. The first-order valence-corrected chi connectivity index (χ1v) is 11.2. The van der Waals surface area contributed by atoms with Gasteiger partial charge in [0.25, 0.3) is 0 Å². The number of hydrogen-bond acceptors (Lipinski definition) is 2. The fraction of sp³-hybridized carbons (Fsp3) is 0.250. The molecular weight excluding hydrogens is 394 g/mol. The van der Waals surface area contributed by atoms with Gasteiger partial charge in [-0.15, -0.1) is 0 Å². The van der Waals surface area contributed by atoms with Crippen molar-refractivity contribution in [2.75, 3.05) is 0 Å². The lowest BCUT2D eigenvalue weighted by atomic mass is 10.1. The Morgan fingerprint density at radius 3 is 2.34 bits per heavy atom. The number of aryl methyl sites for hydroxylation is 2. The van der Waals surface area contributed by atoms with Crippen molar-refractivity contribution >= 4 is 21.9 Å². The molecule has 32 heavy (non-hydrogen) atoms. The van der Waals surface area contributed by atoms with Gasteiger partial charge >= 0.3 is 0 Å². The molecule has 0 fully saturated rings. The molecule has 4 nitrogen and oxygen atoms in total. The highest BCUT2D eigenvalue weighted by molar-refractivity contribution is 5.86. The van der Waals surface area contributed by atoms with Gasteiger partial charge in [0.1, 0.15) is 5.82 Å². The third-order valence-electron chi connectivity index (χ3n) is 6.52. The van der Waals surface area contributed by atoms with Crippen LogP contribution >= 0.6 is 0 Å². The van der Waals surface area contributed by atoms with Crippen molar-refractivity contribution in [2.24, 2.45) is 0 Å². The Bertz CT molecular complexity index is 1400. The Balaban J connectivity index is 1.48. The van der Waals surface area contributed by atoms with Crippen LogP contribution in [-0.4, -0.2) is 25.3 Å². The quantitative estimate of drug-likeness (QED) is 0.388. The molecule has 5 rings (SSSR count). The van der Waals surface area contributed by atoms with Crippen molar-refractivity contribution < 1.29 is 5.11 Å². The standard InChI is InChI=1S/C28H29N3O/c1-19-13-14-26-24(15-19)20(2)21(3)30(26)17-23(32)18-31-27-12-8-7-11-25(27)29-28(31)16-22-9-5-4-6-10-22/h4-15,23,32H,16-18H2,1-3H3. The smallest absolute Gasteiger partial charge is 0.114 e. The Morgan fingerprint density at radius 1 is 0.812 bits per heavy atom. The lowest BCUT2D eigenvalue weighted by molar-refractivity contribution is 0.135. The van der Waals surface area contributed by atoms with Crippen LogP contribution in [0, 0.1) is 20.8 Å². The minimum atomic E-state index is -0.530. The monoisotopic (exact) mass is 423 g/mol. The summed E-state index contributed by atoms with van der Waals surface area (Å²) in [6, 6.07) is 25.1. The maximum absolute atomic E-state index is 11.2. The van der Waals surface area contributed by atoms with Crippen LogP contribution in [0.4, 0.5) is 0 Å². The van der Waals surface area contributed by atoms with E-state index in [0.29, 0.717) is 13.1 Å². The Morgan fingerprint density at radius 2 is 1.53 bits per heavy atom. The molecule has 0 spiro atoms. The van der Waals surface area contributed by atoms with Crippen LogP contribution in [0.1, 0.15) is 28.2 Å². The normalized spacial score (nSPS) is 12.6. The van der Waals surface area contributed by atoms with Crippen LogP contribution in [-0.2, 0) is 19.5 Å². The van der Waals surface area contributed by atoms with Crippen molar-refractivity contribution in [3.05, 3.63) is 101 Å². The second kappa shape index (κ2) is 8.29. The summed E-state index contributed by atoms with van der Waals surface area (Å²) in [7, 11) is 0. The molecule has 2 aromatic heterocycles. The predicted octanol–water partition coefficient (Wildman–Crippen LogP) is 5.57. The summed E-state index contributed by atoms with van der Waals surface area (Å²) in [6.07, 6.45) is 0.212. The van der Waals surface area contributed by atoms with Crippen LogP contribution in [0.15, 0.2) is 72.8 Å². The zero-order valence-corrected chi connectivity index (χ0v) is 18.9. The predicted molar refractivity (Wildman–Crippen MR) is 131 cm³/mol. The zero-order valence-electron chi connectivity index (χ0n) is 18.9. The van der Waals surface area contributed by atoms with Gasteiger partial charge in [0, 0.05) is 23.0 Å². The maximum Gasteiger partial charge on any atom is 0.114 e. The van der Waals surface area contributed by atoms with Gasteiger partial charge < -0.3 is 14.2 Å². The largest absolute Gasteiger partial charge is 0.389 e. The molecule has 1 atom stereocenters. The molecule has 0 saturated heterocycles. The number of hydrogen-bond donors (Lipinski definition) is 1. The third-order valence-corrected chi connectivity index (χ3v) is 6.52. The van der Waals surface area contributed by atoms with Crippen molar-refractivity contribution in [1.82, 2.24) is 14.1 Å². The molecule has 0 amide bonds. The van der Waals surface area contributed by atoms with E-state index < -0.39 is 6.10 Å². The molecular formula is C28H29N3O. The van der Waals surface area contributed by atoms with Crippen molar-refractivity contribution in [1.29, 1.82) is 0 Å². The van der Waals surface area contributed by atoms with Gasteiger partial charge in [-0.25, -0.2) is 4.98 Å².